The van der Waals surface area contributed by atoms with Crippen LogP contribution in [-0.2, 0) is 29.0 Å². The first-order chi connectivity index (χ1) is 17.5. The van der Waals surface area contributed by atoms with Crippen LogP contribution in [0.5, 0.6) is 0 Å². The monoisotopic (exact) mass is 540 g/mol. The molecular formula is C26H48MgN2O8. The molecule has 0 aromatic carbocycles. The molecule has 37 heavy (non-hydrogen) atoms. The molecule has 2 unspecified atom stereocenters. The second-order valence-corrected chi connectivity index (χ2v) is 8.87. The average molecular weight is 541 g/mol. The number of rotatable bonds is 24. The smallest absolute Gasteiger partial charge is 0.662 e. The van der Waals surface area contributed by atoms with E-state index in [1.54, 1.807) is 0 Å². The molecule has 2 N–H and O–H groups in total. The molecule has 11 heteroatoms. The van der Waals surface area contributed by atoms with E-state index in [2.05, 4.69) is 34.3 Å². The van der Waals surface area contributed by atoms with E-state index < -0.39 is 24.0 Å². The Hall–Kier alpha value is -1.11. The van der Waals surface area contributed by atoms with Gasteiger partial charge >= 0.3 is 35.0 Å². The number of unbranched alkanes of at least 4 members (excludes halogenated alkanes) is 12. The molecule has 2 atom stereocenters. The van der Waals surface area contributed by atoms with Crippen molar-refractivity contribution >= 4 is 47.6 Å². The quantitative estimate of drug-likeness (QED) is 0.0608. The first-order valence-electron chi connectivity index (χ1n) is 13.5. The van der Waals surface area contributed by atoms with Crippen molar-refractivity contribution in [2.45, 2.75) is 129 Å². The largest absolute Gasteiger partial charge is 2.00 e. The van der Waals surface area contributed by atoms with Crippen molar-refractivity contribution in [2.24, 2.45) is 0 Å². The number of carbonyl (C=O) groups excluding carboxylic acids is 4. The second-order valence-electron chi connectivity index (χ2n) is 8.87. The van der Waals surface area contributed by atoms with E-state index in [1.807, 2.05) is 0 Å². The summed E-state index contributed by atoms with van der Waals surface area (Å²) in [5, 5.41) is 25.7. The number of aldehydes is 2. The number of hydrogen-bond donors (Lipinski definition) is 2. The molecule has 0 radical (unpaired) electrons. The molecule has 0 rings (SSSR count). The Morgan fingerprint density at radius 3 is 1.19 bits per heavy atom. The van der Waals surface area contributed by atoms with Crippen molar-refractivity contribution in [3.8, 4) is 0 Å². The van der Waals surface area contributed by atoms with Gasteiger partial charge in [0.05, 0.1) is 0 Å². The van der Waals surface area contributed by atoms with E-state index in [-0.39, 0.29) is 35.9 Å². The third-order valence-electron chi connectivity index (χ3n) is 5.74. The molecule has 0 aliphatic heterocycles. The molecule has 212 valence electrons. The third-order valence-corrected chi connectivity index (χ3v) is 5.74. The van der Waals surface area contributed by atoms with Gasteiger partial charge in [0.25, 0.3) is 0 Å². The first-order valence-corrected chi connectivity index (χ1v) is 13.5. The zero-order valence-electron chi connectivity index (χ0n) is 23.0. The SMILES string of the molecule is CCCCCCCCCNC(CC=O)C(=O)O[O-].CCCCCCCCCNC(CC=O)C(=O)O[O-].[Mg+2]. The summed E-state index contributed by atoms with van der Waals surface area (Å²) in [5.41, 5.74) is 0. The van der Waals surface area contributed by atoms with Crippen LogP contribution in [0.3, 0.4) is 0 Å². The van der Waals surface area contributed by atoms with E-state index in [0.29, 0.717) is 25.7 Å². The van der Waals surface area contributed by atoms with Crippen molar-refractivity contribution in [1.82, 2.24) is 10.6 Å². The van der Waals surface area contributed by atoms with E-state index in [1.165, 1.54) is 64.2 Å². The minimum absolute atomic E-state index is 0. The van der Waals surface area contributed by atoms with Crippen LogP contribution in [0.25, 0.3) is 0 Å². The van der Waals surface area contributed by atoms with Gasteiger partial charge in [0.2, 0.25) is 0 Å². The molecule has 0 fully saturated rings. The van der Waals surface area contributed by atoms with Crippen LogP contribution in [0, 0.1) is 0 Å². The Morgan fingerprint density at radius 1 is 0.622 bits per heavy atom. The molecule has 0 aromatic rings. The summed E-state index contributed by atoms with van der Waals surface area (Å²) in [6, 6.07) is -1.58. The summed E-state index contributed by atoms with van der Waals surface area (Å²) < 4.78 is 0. The van der Waals surface area contributed by atoms with Crippen LogP contribution >= 0.6 is 0 Å². The van der Waals surface area contributed by atoms with Crippen LogP contribution in [-0.4, -0.2) is 72.7 Å². The van der Waals surface area contributed by atoms with Gasteiger partial charge in [0, 0.05) is 12.8 Å². The van der Waals surface area contributed by atoms with Gasteiger partial charge in [-0.05, 0) is 25.9 Å². The van der Waals surface area contributed by atoms with Crippen LogP contribution in [0.15, 0.2) is 0 Å². The second kappa shape index (κ2) is 32.9. The molecule has 0 saturated heterocycles. The molecule has 0 saturated carbocycles. The molecule has 0 spiro atoms. The van der Waals surface area contributed by atoms with Crippen molar-refractivity contribution < 1.29 is 39.5 Å². The molecule has 0 heterocycles. The zero-order valence-corrected chi connectivity index (χ0v) is 24.4. The van der Waals surface area contributed by atoms with Crippen LogP contribution < -0.4 is 21.1 Å². The van der Waals surface area contributed by atoms with Gasteiger partial charge < -0.3 is 40.5 Å². The minimum Gasteiger partial charge on any atom is -0.662 e. The summed E-state index contributed by atoms with van der Waals surface area (Å²) in [6.45, 7) is 5.63. The number of carbonyl (C=O) groups is 4. The molecule has 0 aliphatic carbocycles. The summed E-state index contributed by atoms with van der Waals surface area (Å²) >= 11 is 0. The van der Waals surface area contributed by atoms with Crippen molar-refractivity contribution in [1.29, 1.82) is 0 Å². The Morgan fingerprint density at radius 2 is 0.919 bits per heavy atom. The van der Waals surface area contributed by atoms with Crippen molar-refractivity contribution in [3.05, 3.63) is 0 Å². The van der Waals surface area contributed by atoms with Gasteiger partial charge in [-0.15, -0.1) is 0 Å². The van der Waals surface area contributed by atoms with Crippen molar-refractivity contribution in [2.75, 3.05) is 13.1 Å². The molecular weight excluding hydrogens is 493 g/mol. The molecule has 0 bridgehead atoms. The number of nitrogens with one attached hydrogen (secondary N) is 2. The Labute approximate surface area is 239 Å². The molecule has 10 nitrogen and oxygen atoms in total. The Balaban J connectivity index is -0.000000608. The van der Waals surface area contributed by atoms with E-state index in [9.17, 15) is 29.7 Å². The Kier molecular flexibility index (Phi) is 35.9. The summed E-state index contributed by atoms with van der Waals surface area (Å²) in [7, 11) is 0. The maximum atomic E-state index is 11.0. The van der Waals surface area contributed by atoms with Gasteiger partial charge in [-0.1, -0.05) is 90.9 Å². The van der Waals surface area contributed by atoms with Gasteiger partial charge in [-0.25, -0.2) is 0 Å². The maximum Gasteiger partial charge on any atom is 2.00 e. The van der Waals surface area contributed by atoms with Crippen LogP contribution in [0.2, 0.25) is 0 Å². The maximum absolute atomic E-state index is 11.0. The fraction of sp³-hybridized carbons (Fsp3) is 0.846. The predicted octanol–water partition coefficient (Wildman–Crippen LogP) is 1.82. The summed E-state index contributed by atoms with van der Waals surface area (Å²) in [6.07, 6.45) is 17.7. The topological polar surface area (TPSA) is 157 Å². The normalized spacial score (nSPS) is 11.8. The molecule has 0 aliphatic rings. The summed E-state index contributed by atoms with van der Waals surface area (Å²) in [4.78, 5) is 49.4. The third kappa shape index (κ3) is 27.7. The van der Waals surface area contributed by atoms with E-state index in [4.69, 9.17) is 0 Å². The first kappa shape index (κ1) is 40.4. The zero-order chi connectivity index (χ0) is 27.3. The predicted molar refractivity (Wildman–Crippen MR) is 139 cm³/mol. The number of hydrogen-bond acceptors (Lipinski definition) is 10. The fourth-order valence-corrected chi connectivity index (χ4v) is 3.55. The fourth-order valence-electron chi connectivity index (χ4n) is 3.55. The average Bonchev–Trinajstić information content (AvgIpc) is 2.89. The van der Waals surface area contributed by atoms with Crippen LogP contribution in [0.4, 0.5) is 0 Å². The van der Waals surface area contributed by atoms with Gasteiger partial charge in [-0.3, -0.25) is 9.59 Å². The minimum atomic E-state index is -0.912. The van der Waals surface area contributed by atoms with E-state index in [0.717, 1.165) is 25.7 Å². The molecule has 0 amide bonds. The van der Waals surface area contributed by atoms with Gasteiger partial charge in [0.15, 0.2) is 0 Å². The van der Waals surface area contributed by atoms with Gasteiger partial charge in [0.1, 0.15) is 24.7 Å². The van der Waals surface area contributed by atoms with E-state index >= 15 is 0 Å². The standard InChI is InChI=1S/2C13H25NO4.Mg/c2*1-2-3-4-5-6-7-8-10-14-12(9-11-15)13(16)18-17;/h2*11-12,14,17H,2-10H2,1H3;/q;;+2/p-2. The van der Waals surface area contributed by atoms with Crippen molar-refractivity contribution in [3.63, 3.8) is 0 Å². The van der Waals surface area contributed by atoms with Crippen LogP contribution in [0.1, 0.15) is 117 Å². The molecule has 0 aromatic heterocycles. The Bertz CT molecular complexity index is 495. The van der Waals surface area contributed by atoms with Gasteiger partial charge in [-0.2, -0.15) is 0 Å². The summed E-state index contributed by atoms with van der Waals surface area (Å²) in [5.74, 6) is -1.82.